The maximum atomic E-state index is 5.41. The van der Waals surface area contributed by atoms with E-state index >= 15 is 0 Å². The van der Waals surface area contributed by atoms with Gasteiger partial charge >= 0.3 is 0 Å². The minimum atomic E-state index is 0.562. The fraction of sp³-hybridized carbons (Fsp3) is 0.867. The van der Waals surface area contributed by atoms with Crippen molar-refractivity contribution in [2.45, 2.75) is 65.6 Å². The van der Waals surface area contributed by atoms with E-state index in [0.29, 0.717) is 18.0 Å². The molecule has 2 atom stereocenters. The Morgan fingerprint density at radius 1 is 1.35 bits per heavy atom. The van der Waals surface area contributed by atoms with Gasteiger partial charge in [0.2, 0.25) is 5.89 Å². The van der Waals surface area contributed by atoms with E-state index in [1.807, 2.05) is 0 Å². The molecule has 20 heavy (non-hydrogen) atoms. The van der Waals surface area contributed by atoms with E-state index < -0.39 is 0 Å². The quantitative estimate of drug-likeness (QED) is 0.866. The first kappa shape index (κ1) is 15.4. The van der Waals surface area contributed by atoms with Crippen molar-refractivity contribution in [3.63, 3.8) is 0 Å². The zero-order chi connectivity index (χ0) is 14.5. The van der Waals surface area contributed by atoms with Crippen molar-refractivity contribution in [2.75, 3.05) is 13.1 Å². The van der Waals surface area contributed by atoms with Crippen molar-refractivity contribution < 1.29 is 4.52 Å². The second kappa shape index (κ2) is 7.18. The highest BCUT2D eigenvalue weighted by Gasteiger charge is 2.27. The molecule has 0 saturated carbocycles. The van der Waals surface area contributed by atoms with Crippen LogP contribution in [0.2, 0.25) is 0 Å². The summed E-state index contributed by atoms with van der Waals surface area (Å²) in [5.41, 5.74) is 0. The van der Waals surface area contributed by atoms with Gasteiger partial charge in [-0.05, 0) is 18.8 Å². The smallest absolute Gasteiger partial charge is 0.240 e. The Bertz CT molecular complexity index is 404. The molecule has 2 rings (SSSR count). The summed E-state index contributed by atoms with van der Waals surface area (Å²) >= 11 is 0. The molecule has 1 saturated heterocycles. The van der Waals surface area contributed by atoms with Crippen molar-refractivity contribution in [2.24, 2.45) is 5.92 Å². The lowest BCUT2D eigenvalue weighted by Gasteiger charge is -2.39. The molecule has 1 aliphatic heterocycles. The summed E-state index contributed by atoms with van der Waals surface area (Å²) in [6.45, 7) is 11.7. The molecule has 0 radical (unpaired) electrons. The van der Waals surface area contributed by atoms with Crippen LogP contribution in [0.5, 0.6) is 0 Å². The van der Waals surface area contributed by atoms with E-state index in [-0.39, 0.29) is 0 Å². The van der Waals surface area contributed by atoms with E-state index in [1.54, 1.807) is 0 Å². The average molecular weight is 280 g/mol. The molecule has 2 heterocycles. The normalized spacial score (nSPS) is 24.4. The van der Waals surface area contributed by atoms with Crippen LogP contribution >= 0.6 is 0 Å². The second-order valence-corrected chi connectivity index (χ2v) is 6.21. The number of hydrogen-bond donors (Lipinski definition) is 1. The van der Waals surface area contributed by atoms with Crippen molar-refractivity contribution in [3.8, 4) is 0 Å². The number of nitrogens with one attached hydrogen (secondary N) is 1. The summed E-state index contributed by atoms with van der Waals surface area (Å²) in [6, 6.07) is 1.15. The SMILES string of the molecule is CCC1CN(Cc2nc(CC(C)C)no2)C(CC)CN1. The van der Waals surface area contributed by atoms with E-state index in [9.17, 15) is 0 Å². The van der Waals surface area contributed by atoms with E-state index in [4.69, 9.17) is 4.52 Å². The summed E-state index contributed by atoms with van der Waals surface area (Å²) in [5.74, 6) is 2.16. The molecule has 1 fully saturated rings. The van der Waals surface area contributed by atoms with Crippen LogP contribution in [-0.4, -0.2) is 40.2 Å². The van der Waals surface area contributed by atoms with Gasteiger partial charge in [0, 0.05) is 31.6 Å². The molecule has 0 amide bonds. The molecule has 2 unspecified atom stereocenters. The summed E-state index contributed by atoms with van der Waals surface area (Å²) in [4.78, 5) is 7.01. The van der Waals surface area contributed by atoms with Gasteiger partial charge in [-0.15, -0.1) is 0 Å². The van der Waals surface area contributed by atoms with Crippen molar-refractivity contribution in [1.82, 2.24) is 20.4 Å². The molecule has 0 aromatic carbocycles. The molecule has 1 aromatic rings. The highest BCUT2D eigenvalue weighted by Crippen LogP contribution is 2.15. The number of nitrogens with zero attached hydrogens (tertiary/aromatic N) is 3. The number of piperazine rings is 1. The van der Waals surface area contributed by atoms with Gasteiger partial charge in [0.05, 0.1) is 6.54 Å². The third-order valence-corrected chi connectivity index (χ3v) is 4.02. The molecule has 0 spiro atoms. The lowest BCUT2D eigenvalue weighted by Crippen LogP contribution is -2.55. The van der Waals surface area contributed by atoms with Gasteiger partial charge < -0.3 is 9.84 Å². The van der Waals surface area contributed by atoms with Gasteiger partial charge in [-0.1, -0.05) is 32.9 Å². The predicted octanol–water partition coefficient (Wildman–Crippen LogP) is 2.23. The Morgan fingerprint density at radius 2 is 2.15 bits per heavy atom. The van der Waals surface area contributed by atoms with Crippen LogP contribution in [0.1, 0.15) is 52.3 Å². The fourth-order valence-electron chi connectivity index (χ4n) is 2.77. The topological polar surface area (TPSA) is 54.2 Å². The third-order valence-electron chi connectivity index (χ3n) is 4.02. The molecular formula is C15H28N4O. The van der Waals surface area contributed by atoms with Gasteiger partial charge in [0.1, 0.15) is 0 Å². The molecular weight excluding hydrogens is 252 g/mol. The molecule has 5 heteroatoms. The summed E-state index contributed by atoms with van der Waals surface area (Å²) in [7, 11) is 0. The highest BCUT2D eigenvalue weighted by atomic mass is 16.5. The first-order valence-corrected chi connectivity index (χ1v) is 7.91. The maximum Gasteiger partial charge on any atom is 0.240 e. The van der Waals surface area contributed by atoms with Crippen LogP contribution in [0, 0.1) is 5.92 Å². The van der Waals surface area contributed by atoms with Gasteiger partial charge in [-0.25, -0.2) is 0 Å². The zero-order valence-electron chi connectivity index (χ0n) is 13.2. The summed E-state index contributed by atoms with van der Waals surface area (Å²) in [5, 5.41) is 7.69. The van der Waals surface area contributed by atoms with Crippen molar-refractivity contribution >= 4 is 0 Å². The lowest BCUT2D eigenvalue weighted by atomic mass is 10.1. The molecule has 1 aliphatic rings. The molecule has 1 aromatic heterocycles. The van der Waals surface area contributed by atoms with Crippen LogP contribution in [-0.2, 0) is 13.0 Å². The van der Waals surface area contributed by atoms with Crippen LogP contribution in [0.3, 0.4) is 0 Å². The first-order valence-electron chi connectivity index (χ1n) is 7.91. The van der Waals surface area contributed by atoms with Crippen molar-refractivity contribution in [1.29, 1.82) is 0 Å². The van der Waals surface area contributed by atoms with Gasteiger partial charge in [0.15, 0.2) is 5.82 Å². The zero-order valence-corrected chi connectivity index (χ0v) is 13.2. The number of aromatic nitrogens is 2. The number of rotatable bonds is 6. The second-order valence-electron chi connectivity index (χ2n) is 6.21. The largest absolute Gasteiger partial charge is 0.338 e. The Balaban J connectivity index is 1.97. The Morgan fingerprint density at radius 3 is 2.80 bits per heavy atom. The van der Waals surface area contributed by atoms with E-state index in [2.05, 4.69) is 48.1 Å². The molecule has 5 nitrogen and oxygen atoms in total. The van der Waals surface area contributed by atoms with Crippen LogP contribution in [0.25, 0.3) is 0 Å². The van der Waals surface area contributed by atoms with Gasteiger partial charge in [0.25, 0.3) is 0 Å². The highest BCUT2D eigenvalue weighted by molar-refractivity contribution is 4.91. The standard InChI is InChI=1S/C15H28N4O/c1-5-12-9-19(13(6-2)8-16-12)10-15-17-14(18-20-15)7-11(3)4/h11-13,16H,5-10H2,1-4H3. The van der Waals surface area contributed by atoms with Crippen LogP contribution in [0.4, 0.5) is 0 Å². The average Bonchev–Trinajstić information content (AvgIpc) is 2.85. The monoisotopic (exact) mass is 280 g/mol. The number of hydrogen-bond acceptors (Lipinski definition) is 5. The van der Waals surface area contributed by atoms with Gasteiger partial charge in [-0.2, -0.15) is 4.98 Å². The minimum absolute atomic E-state index is 0.562. The van der Waals surface area contributed by atoms with Crippen LogP contribution in [0.15, 0.2) is 4.52 Å². The summed E-state index contributed by atoms with van der Waals surface area (Å²) in [6.07, 6.45) is 3.20. The lowest BCUT2D eigenvalue weighted by molar-refractivity contribution is 0.104. The van der Waals surface area contributed by atoms with Crippen LogP contribution < -0.4 is 5.32 Å². The van der Waals surface area contributed by atoms with Crippen molar-refractivity contribution in [3.05, 3.63) is 11.7 Å². The van der Waals surface area contributed by atoms with E-state index in [1.165, 1.54) is 0 Å². The first-order chi connectivity index (χ1) is 9.62. The minimum Gasteiger partial charge on any atom is -0.338 e. The molecule has 114 valence electrons. The maximum absolute atomic E-state index is 5.41. The molecule has 0 aliphatic carbocycles. The Hall–Kier alpha value is -0.940. The molecule has 1 N–H and O–H groups in total. The molecule has 0 bridgehead atoms. The summed E-state index contributed by atoms with van der Waals surface area (Å²) < 4.78 is 5.41. The Kier molecular flexibility index (Phi) is 5.54. The van der Waals surface area contributed by atoms with E-state index in [0.717, 1.165) is 50.6 Å². The third kappa shape index (κ3) is 4.03. The predicted molar refractivity (Wildman–Crippen MR) is 79.4 cm³/mol. The van der Waals surface area contributed by atoms with Gasteiger partial charge in [-0.3, -0.25) is 4.90 Å². The fourth-order valence-corrected chi connectivity index (χ4v) is 2.77. The Labute approximate surface area is 122 Å².